The van der Waals surface area contributed by atoms with Crippen LogP contribution >= 0.6 is 0 Å². The van der Waals surface area contributed by atoms with Gasteiger partial charge in [-0.15, -0.1) is 0 Å². The zero-order valence-electron chi connectivity index (χ0n) is 12.5. The van der Waals surface area contributed by atoms with Crippen LogP contribution in [0.5, 0.6) is 0 Å². The third-order valence-electron chi connectivity index (χ3n) is 3.69. The number of hydrogen-bond donors (Lipinski definition) is 2. The first kappa shape index (κ1) is 15.9. The van der Waals surface area contributed by atoms with Crippen LogP contribution in [0.3, 0.4) is 0 Å². The van der Waals surface area contributed by atoms with E-state index in [0.29, 0.717) is 19.2 Å². The summed E-state index contributed by atoms with van der Waals surface area (Å²) >= 11 is 0. The van der Waals surface area contributed by atoms with Crippen molar-refractivity contribution in [2.75, 3.05) is 13.2 Å². The molecule has 108 valence electrons. The Kier molecular flexibility index (Phi) is 6.61. The largest absolute Gasteiger partial charge is 0.389 e. The van der Waals surface area contributed by atoms with Crippen LogP contribution in [0.4, 0.5) is 0 Å². The Morgan fingerprint density at radius 3 is 2.56 bits per heavy atom. The number of ether oxygens (including phenoxy) is 1. The molecule has 3 nitrogen and oxygen atoms in total. The molecule has 0 aromatic carbocycles. The maximum Gasteiger partial charge on any atom is 0.0898 e. The molecule has 2 N–H and O–H groups in total. The number of rotatable bonds is 5. The van der Waals surface area contributed by atoms with Crippen molar-refractivity contribution < 1.29 is 9.84 Å². The van der Waals surface area contributed by atoms with Crippen LogP contribution in [-0.4, -0.2) is 36.0 Å². The molecule has 0 spiro atoms. The van der Waals surface area contributed by atoms with Gasteiger partial charge in [-0.05, 0) is 39.5 Å². The number of aliphatic hydroxyl groups excluding tert-OH is 1. The van der Waals surface area contributed by atoms with Gasteiger partial charge in [-0.2, -0.15) is 0 Å². The summed E-state index contributed by atoms with van der Waals surface area (Å²) in [4.78, 5) is 0. The zero-order valence-corrected chi connectivity index (χ0v) is 12.5. The van der Waals surface area contributed by atoms with Gasteiger partial charge >= 0.3 is 0 Å². The summed E-state index contributed by atoms with van der Waals surface area (Å²) in [5.74, 6) is 0.725. The van der Waals surface area contributed by atoms with Crippen LogP contribution < -0.4 is 5.32 Å². The van der Waals surface area contributed by atoms with Crippen LogP contribution in [0.25, 0.3) is 0 Å². The summed E-state index contributed by atoms with van der Waals surface area (Å²) in [6, 6.07) is 0.566. The predicted molar refractivity (Wildman–Crippen MR) is 75.8 cm³/mol. The van der Waals surface area contributed by atoms with Crippen LogP contribution in [0.1, 0.15) is 59.8 Å². The van der Waals surface area contributed by atoms with Gasteiger partial charge in [0.05, 0.1) is 18.3 Å². The number of aliphatic hydroxyl groups is 1. The van der Waals surface area contributed by atoms with Crippen LogP contribution in [0.15, 0.2) is 0 Å². The molecule has 0 radical (unpaired) electrons. The smallest absolute Gasteiger partial charge is 0.0898 e. The third kappa shape index (κ3) is 6.72. The second-order valence-corrected chi connectivity index (χ2v) is 6.71. The molecular weight excluding hydrogens is 226 g/mol. The SMILES string of the molecule is CC1CCCCCC1NCC(O)COC(C)(C)C. The van der Waals surface area contributed by atoms with E-state index in [4.69, 9.17) is 4.74 Å². The van der Waals surface area contributed by atoms with E-state index in [-0.39, 0.29) is 5.60 Å². The van der Waals surface area contributed by atoms with Crippen molar-refractivity contribution in [3.05, 3.63) is 0 Å². The van der Waals surface area contributed by atoms with Crippen molar-refractivity contribution in [3.8, 4) is 0 Å². The van der Waals surface area contributed by atoms with Gasteiger partial charge in [-0.25, -0.2) is 0 Å². The molecule has 0 aliphatic heterocycles. The third-order valence-corrected chi connectivity index (χ3v) is 3.69. The summed E-state index contributed by atoms with van der Waals surface area (Å²) < 4.78 is 5.59. The van der Waals surface area contributed by atoms with E-state index in [1.54, 1.807) is 0 Å². The Hall–Kier alpha value is -0.120. The van der Waals surface area contributed by atoms with Gasteiger partial charge in [0.15, 0.2) is 0 Å². The van der Waals surface area contributed by atoms with Crippen LogP contribution in [0, 0.1) is 5.92 Å². The fourth-order valence-corrected chi connectivity index (χ4v) is 2.49. The second-order valence-electron chi connectivity index (χ2n) is 6.71. The first-order chi connectivity index (χ1) is 8.38. The highest BCUT2D eigenvalue weighted by Gasteiger charge is 2.20. The molecule has 1 fully saturated rings. The van der Waals surface area contributed by atoms with Gasteiger partial charge in [-0.1, -0.05) is 26.2 Å². The topological polar surface area (TPSA) is 41.5 Å². The lowest BCUT2D eigenvalue weighted by molar-refractivity contribution is -0.0487. The first-order valence-electron chi connectivity index (χ1n) is 7.44. The average molecular weight is 257 g/mol. The summed E-state index contributed by atoms with van der Waals surface area (Å²) in [6.07, 6.45) is 6.18. The molecule has 1 aliphatic carbocycles. The molecular formula is C15H31NO2. The standard InChI is InChI=1S/C15H31NO2/c1-12-8-6-5-7-9-14(12)16-10-13(17)11-18-15(2,3)4/h12-14,16-17H,5-11H2,1-4H3. The lowest BCUT2D eigenvalue weighted by Crippen LogP contribution is -2.41. The van der Waals surface area contributed by atoms with Crippen molar-refractivity contribution in [2.24, 2.45) is 5.92 Å². The molecule has 1 rings (SSSR count). The number of nitrogens with one attached hydrogen (secondary N) is 1. The molecule has 0 heterocycles. The minimum Gasteiger partial charge on any atom is -0.389 e. The lowest BCUT2D eigenvalue weighted by Gasteiger charge is -2.26. The van der Waals surface area contributed by atoms with Crippen LogP contribution in [-0.2, 0) is 4.74 Å². The van der Waals surface area contributed by atoms with Gasteiger partial charge in [0.2, 0.25) is 0 Å². The minimum absolute atomic E-state index is 0.170. The molecule has 0 bridgehead atoms. The maximum atomic E-state index is 9.91. The summed E-state index contributed by atoms with van der Waals surface area (Å²) in [5, 5.41) is 13.4. The van der Waals surface area contributed by atoms with Gasteiger partial charge in [0, 0.05) is 12.6 Å². The quantitative estimate of drug-likeness (QED) is 0.744. The van der Waals surface area contributed by atoms with Gasteiger partial charge in [-0.3, -0.25) is 0 Å². The Balaban J connectivity index is 2.22. The van der Waals surface area contributed by atoms with Crippen molar-refractivity contribution in [2.45, 2.75) is 77.5 Å². The number of hydrogen-bond acceptors (Lipinski definition) is 3. The van der Waals surface area contributed by atoms with E-state index in [1.165, 1.54) is 32.1 Å². The summed E-state index contributed by atoms with van der Waals surface area (Å²) in [6.45, 7) is 9.42. The molecule has 1 saturated carbocycles. The highest BCUT2D eigenvalue weighted by Crippen LogP contribution is 2.22. The van der Waals surface area contributed by atoms with Crippen molar-refractivity contribution >= 4 is 0 Å². The highest BCUT2D eigenvalue weighted by molar-refractivity contribution is 4.78. The molecule has 0 saturated heterocycles. The highest BCUT2D eigenvalue weighted by atomic mass is 16.5. The Bertz CT molecular complexity index is 225. The van der Waals surface area contributed by atoms with Crippen LogP contribution in [0.2, 0.25) is 0 Å². The van der Waals surface area contributed by atoms with Gasteiger partial charge in [0.25, 0.3) is 0 Å². The fraction of sp³-hybridized carbons (Fsp3) is 1.00. The molecule has 3 unspecified atom stereocenters. The van der Waals surface area contributed by atoms with E-state index in [2.05, 4.69) is 12.2 Å². The monoisotopic (exact) mass is 257 g/mol. The molecule has 3 atom stereocenters. The molecule has 0 aromatic heterocycles. The molecule has 1 aliphatic rings. The normalized spacial score (nSPS) is 27.8. The first-order valence-corrected chi connectivity index (χ1v) is 7.44. The fourth-order valence-electron chi connectivity index (χ4n) is 2.49. The average Bonchev–Trinajstić information content (AvgIpc) is 2.48. The summed E-state index contributed by atoms with van der Waals surface area (Å²) in [7, 11) is 0. The van der Waals surface area contributed by atoms with Crippen molar-refractivity contribution in [1.29, 1.82) is 0 Å². The van der Waals surface area contributed by atoms with Gasteiger partial charge in [0.1, 0.15) is 0 Å². The molecule has 0 aromatic rings. The van der Waals surface area contributed by atoms with E-state index < -0.39 is 6.10 Å². The molecule has 0 amide bonds. The Morgan fingerprint density at radius 2 is 1.89 bits per heavy atom. The van der Waals surface area contributed by atoms with Gasteiger partial charge < -0.3 is 15.2 Å². The second kappa shape index (κ2) is 7.46. The van der Waals surface area contributed by atoms with E-state index in [0.717, 1.165) is 5.92 Å². The molecule has 3 heteroatoms. The maximum absolute atomic E-state index is 9.91. The minimum atomic E-state index is -0.403. The van der Waals surface area contributed by atoms with Crippen molar-refractivity contribution in [1.82, 2.24) is 5.32 Å². The predicted octanol–water partition coefficient (Wildman–Crippen LogP) is 2.72. The Labute approximate surface area is 112 Å². The van der Waals surface area contributed by atoms with E-state index >= 15 is 0 Å². The zero-order chi connectivity index (χ0) is 13.6. The van der Waals surface area contributed by atoms with Crippen molar-refractivity contribution in [3.63, 3.8) is 0 Å². The summed E-state index contributed by atoms with van der Waals surface area (Å²) in [5.41, 5.74) is -0.170. The van der Waals surface area contributed by atoms with E-state index in [1.807, 2.05) is 20.8 Å². The lowest BCUT2D eigenvalue weighted by atomic mass is 9.97. The Morgan fingerprint density at radius 1 is 1.22 bits per heavy atom. The van der Waals surface area contributed by atoms with E-state index in [9.17, 15) is 5.11 Å². The molecule has 18 heavy (non-hydrogen) atoms.